The molecule has 6 nitrogen and oxygen atoms in total. The summed E-state index contributed by atoms with van der Waals surface area (Å²) in [6.07, 6.45) is 1.78. The Morgan fingerprint density at radius 2 is 1.38 bits per heavy atom. The molecule has 0 spiro atoms. The molecule has 0 unspecified atom stereocenters. The van der Waals surface area contributed by atoms with Crippen molar-refractivity contribution in [2.24, 2.45) is 0 Å². The van der Waals surface area contributed by atoms with E-state index in [2.05, 4.69) is 9.88 Å². The van der Waals surface area contributed by atoms with E-state index in [-0.39, 0.29) is 11.8 Å². The van der Waals surface area contributed by atoms with Gasteiger partial charge in [-0.2, -0.15) is 0 Å². The van der Waals surface area contributed by atoms with Crippen LogP contribution < -0.4 is 9.80 Å². The number of rotatable bonds is 4. The highest BCUT2D eigenvalue weighted by molar-refractivity contribution is 6.45. The van der Waals surface area contributed by atoms with Crippen molar-refractivity contribution in [2.45, 2.75) is 0 Å². The van der Waals surface area contributed by atoms with Crippen molar-refractivity contribution in [1.29, 1.82) is 0 Å². The Balaban J connectivity index is 1.50. The van der Waals surface area contributed by atoms with Gasteiger partial charge in [0.2, 0.25) is 0 Å². The van der Waals surface area contributed by atoms with Crippen LogP contribution in [0.5, 0.6) is 0 Å². The molecule has 3 heterocycles. The summed E-state index contributed by atoms with van der Waals surface area (Å²) in [6.45, 7) is 2.65. The summed E-state index contributed by atoms with van der Waals surface area (Å²) < 4.78 is 0. The van der Waals surface area contributed by atoms with Crippen LogP contribution in [0.1, 0.15) is 5.56 Å². The Hall–Kier alpha value is -3.64. The van der Waals surface area contributed by atoms with Gasteiger partial charge in [-0.05, 0) is 42.0 Å². The van der Waals surface area contributed by atoms with Crippen LogP contribution in [0.2, 0.25) is 5.02 Å². The van der Waals surface area contributed by atoms with Crippen LogP contribution in [-0.2, 0) is 9.59 Å². The highest BCUT2D eigenvalue weighted by atomic mass is 35.5. The van der Waals surface area contributed by atoms with Crippen molar-refractivity contribution in [1.82, 2.24) is 9.88 Å². The number of halogens is 1. The summed E-state index contributed by atoms with van der Waals surface area (Å²) in [5.41, 5.74) is 2.12. The largest absolute Gasteiger partial charge is 0.363 e. The van der Waals surface area contributed by atoms with Crippen molar-refractivity contribution >= 4 is 40.5 Å². The molecule has 2 aliphatic heterocycles. The fourth-order valence-corrected chi connectivity index (χ4v) is 4.33. The average molecular weight is 445 g/mol. The Morgan fingerprint density at radius 3 is 2.03 bits per heavy atom. The van der Waals surface area contributed by atoms with Gasteiger partial charge in [-0.15, -0.1) is 0 Å². The minimum Gasteiger partial charge on any atom is -0.363 e. The van der Waals surface area contributed by atoms with E-state index in [1.807, 2.05) is 41.3 Å². The molecule has 2 aromatic carbocycles. The quantitative estimate of drug-likeness (QED) is 0.572. The highest BCUT2D eigenvalue weighted by Gasteiger charge is 2.43. The van der Waals surface area contributed by atoms with E-state index in [0.717, 1.165) is 5.82 Å². The molecule has 0 N–H and O–H groups in total. The highest BCUT2D eigenvalue weighted by Crippen LogP contribution is 2.35. The number of imide groups is 1. The first-order valence-electron chi connectivity index (χ1n) is 10.5. The van der Waals surface area contributed by atoms with E-state index >= 15 is 0 Å². The van der Waals surface area contributed by atoms with E-state index in [4.69, 9.17) is 11.6 Å². The van der Waals surface area contributed by atoms with Gasteiger partial charge in [-0.3, -0.25) is 9.59 Å². The van der Waals surface area contributed by atoms with Gasteiger partial charge in [0, 0.05) is 37.4 Å². The first kappa shape index (κ1) is 20.3. The summed E-state index contributed by atoms with van der Waals surface area (Å²) in [4.78, 5) is 37.0. The van der Waals surface area contributed by atoms with E-state index in [9.17, 15) is 9.59 Å². The van der Waals surface area contributed by atoms with Crippen molar-refractivity contribution < 1.29 is 9.59 Å². The van der Waals surface area contributed by atoms with Crippen LogP contribution in [-0.4, -0.2) is 47.9 Å². The number of hydrogen-bond donors (Lipinski definition) is 0. The second-order valence-electron chi connectivity index (χ2n) is 7.67. The van der Waals surface area contributed by atoms with Gasteiger partial charge in [0.25, 0.3) is 11.8 Å². The smallest absolute Gasteiger partial charge is 0.282 e. The molecule has 0 atom stereocenters. The number of piperazine rings is 1. The molecule has 2 amide bonds. The second kappa shape index (κ2) is 8.48. The average Bonchev–Trinajstić information content (AvgIpc) is 3.10. The number of hydrogen-bond acceptors (Lipinski definition) is 5. The van der Waals surface area contributed by atoms with Crippen molar-refractivity contribution in [3.05, 3.63) is 95.3 Å². The van der Waals surface area contributed by atoms with E-state index in [0.29, 0.717) is 53.7 Å². The molecular formula is C25H21ClN4O2. The number of aromatic nitrogens is 1. The summed E-state index contributed by atoms with van der Waals surface area (Å²) in [7, 11) is 0. The molecule has 32 heavy (non-hydrogen) atoms. The molecule has 7 heteroatoms. The Bertz CT molecular complexity index is 1170. The van der Waals surface area contributed by atoms with Gasteiger partial charge in [0.15, 0.2) is 0 Å². The van der Waals surface area contributed by atoms with Crippen LogP contribution in [0.25, 0.3) is 5.57 Å². The third-order valence-corrected chi connectivity index (χ3v) is 6.03. The number of amides is 2. The fraction of sp³-hybridized carbons (Fsp3) is 0.160. The molecule has 5 rings (SSSR count). The minimum atomic E-state index is -0.314. The van der Waals surface area contributed by atoms with Crippen LogP contribution in [0.15, 0.2) is 84.7 Å². The van der Waals surface area contributed by atoms with Gasteiger partial charge in [0.05, 0.1) is 11.3 Å². The minimum absolute atomic E-state index is 0.294. The molecule has 1 fully saturated rings. The number of benzene rings is 2. The molecule has 0 bridgehead atoms. The lowest BCUT2D eigenvalue weighted by molar-refractivity contribution is -0.120. The number of carbonyl (C=O) groups is 2. The van der Waals surface area contributed by atoms with Crippen LogP contribution >= 0.6 is 11.6 Å². The maximum atomic E-state index is 13.6. The predicted octanol–water partition coefficient (Wildman–Crippen LogP) is 3.84. The zero-order valence-corrected chi connectivity index (χ0v) is 18.1. The maximum Gasteiger partial charge on any atom is 0.282 e. The number of pyridine rings is 1. The monoisotopic (exact) mass is 444 g/mol. The normalized spacial score (nSPS) is 16.8. The Morgan fingerprint density at radius 1 is 0.719 bits per heavy atom. The van der Waals surface area contributed by atoms with Crippen molar-refractivity contribution in [3.8, 4) is 0 Å². The molecule has 1 saturated heterocycles. The zero-order valence-electron chi connectivity index (χ0n) is 17.3. The molecule has 1 aromatic heterocycles. The van der Waals surface area contributed by atoms with Crippen molar-refractivity contribution in [2.75, 3.05) is 36.0 Å². The molecule has 0 radical (unpaired) electrons. The summed E-state index contributed by atoms with van der Waals surface area (Å²) >= 11 is 6.07. The number of nitrogens with zero attached hydrogens (tertiary/aromatic N) is 4. The van der Waals surface area contributed by atoms with E-state index < -0.39 is 0 Å². The van der Waals surface area contributed by atoms with Crippen LogP contribution in [0, 0.1) is 0 Å². The summed E-state index contributed by atoms with van der Waals surface area (Å²) in [5.74, 6) is 0.307. The predicted molar refractivity (Wildman–Crippen MR) is 125 cm³/mol. The molecule has 160 valence electrons. The summed E-state index contributed by atoms with van der Waals surface area (Å²) in [6, 6.07) is 22.0. The third kappa shape index (κ3) is 3.63. The number of carbonyl (C=O) groups excluding carboxylic acids is 2. The van der Waals surface area contributed by atoms with E-state index in [1.165, 1.54) is 4.90 Å². The van der Waals surface area contributed by atoms with Gasteiger partial charge < -0.3 is 9.80 Å². The van der Waals surface area contributed by atoms with Crippen molar-refractivity contribution in [3.63, 3.8) is 0 Å². The Kier molecular flexibility index (Phi) is 5.37. The maximum absolute atomic E-state index is 13.6. The zero-order chi connectivity index (χ0) is 22.1. The van der Waals surface area contributed by atoms with Gasteiger partial charge in [-0.1, -0.05) is 48.0 Å². The fourth-order valence-electron chi connectivity index (χ4n) is 4.20. The second-order valence-corrected chi connectivity index (χ2v) is 8.11. The first-order chi connectivity index (χ1) is 15.6. The molecule has 0 aliphatic carbocycles. The topological polar surface area (TPSA) is 56.8 Å². The summed E-state index contributed by atoms with van der Waals surface area (Å²) in [5, 5.41) is 0.580. The van der Waals surface area contributed by atoms with Gasteiger partial charge in [0.1, 0.15) is 11.5 Å². The SMILES string of the molecule is O=C1C(c2ccc(Cl)cc2)=C(N2CCN(c3ccccn3)CC2)C(=O)N1c1ccccc1. The van der Waals surface area contributed by atoms with Crippen LogP contribution in [0.4, 0.5) is 11.5 Å². The lowest BCUT2D eigenvalue weighted by Gasteiger charge is -2.37. The standard InChI is InChI=1S/C25H21ClN4O2/c26-19-11-9-18(10-12-19)22-23(25(32)30(24(22)31)20-6-2-1-3-7-20)29-16-14-28(15-17-29)21-8-4-5-13-27-21/h1-13H,14-17H2. The van der Waals surface area contributed by atoms with Crippen LogP contribution in [0.3, 0.4) is 0 Å². The van der Waals surface area contributed by atoms with Gasteiger partial charge in [-0.25, -0.2) is 9.88 Å². The molecule has 0 saturated carbocycles. The molecule has 3 aromatic rings. The lowest BCUT2D eigenvalue weighted by Crippen LogP contribution is -2.48. The first-order valence-corrected chi connectivity index (χ1v) is 10.9. The number of anilines is 2. The molecular weight excluding hydrogens is 424 g/mol. The van der Waals surface area contributed by atoms with E-state index in [1.54, 1.807) is 42.6 Å². The lowest BCUT2D eigenvalue weighted by atomic mass is 10.0. The van der Waals surface area contributed by atoms with Gasteiger partial charge >= 0.3 is 0 Å². The third-order valence-electron chi connectivity index (χ3n) is 5.78. The molecule has 2 aliphatic rings. The number of para-hydroxylation sites is 1. The Labute approximate surface area is 191 Å².